The molecule has 0 aliphatic heterocycles. The minimum Gasteiger partial charge on any atom is -0.374 e. The average molecular weight is 843 g/mol. The molecule has 0 saturated carbocycles. The molecule has 1 aliphatic rings. The summed E-state index contributed by atoms with van der Waals surface area (Å²) < 4.78 is 36.0. The van der Waals surface area contributed by atoms with Gasteiger partial charge in [0.25, 0.3) is 0 Å². The van der Waals surface area contributed by atoms with Gasteiger partial charge in [0.05, 0.1) is 11.4 Å². The third kappa shape index (κ3) is 18.6. The molecule has 8 nitrogen and oxygen atoms in total. The highest BCUT2D eigenvalue weighted by atomic mass is 28.4. The average Bonchev–Trinajstić information content (AvgIpc) is 3.22. The first-order valence-electron chi connectivity index (χ1n) is 24.3. The fourth-order valence-electron chi connectivity index (χ4n) is 8.89. The van der Waals surface area contributed by atoms with E-state index in [9.17, 15) is 0 Å². The Labute approximate surface area is 358 Å². The zero-order valence-corrected chi connectivity index (χ0v) is 40.3. The second-order valence-electron chi connectivity index (χ2n) is 16.1. The summed E-state index contributed by atoms with van der Waals surface area (Å²) in [7, 11) is -4.95. The van der Waals surface area contributed by atoms with Gasteiger partial charge < -0.3 is 26.6 Å². The van der Waals surface area contributed by atoms with E-state index in [1.165, 1.54) is 138 Å². The molecule has 0 radical (unpaired) electrons. The van der Waals surface area contributed by atoms with Crippen LogP contribution in [-0.2, 0) is 52.2 Å². The van der Waals surface area contributed by atoms with Crippen LogP contribution >= 0.6 is 0 Å². The predicted molar refractivity (Wildman–Crippen MR) is 246 cm³/mol. The molecule has 0 aromatic carbocycles. The van der Waals surface area contributed by atoms with Crippen LogP contribution in [0.25, 0.3) is 11.4 Å². The molecule has 0 unspecified atom stereocenters. The summed E-state index contributed by atoms with van der Waals surface area (Å²) in [6.07, 6.45) is 34.6. The monoisotopic (exact) mass is 843 g/mol. The van der Waals surface area contributed by atoms with Crippen molar-refractivity contribution in [3.05, 3.63) is 46.8 Å². The van der Waals surface area contributed by atoms with Crippen LogP contribution in [-0.4, -0.2) is 67.2 Å². The van der Waals surface area contributed by atoms with Gasteiger partial charge in [-0.3, -0.25) is 9.97 Å². The maximum Gasteiger partial charge on any atom is 0.500 e. The van der Waals surface area contributed by atoms with E-state index in [0.29, 0.717) is 39.6 Å². The summed E-state index contributed by atoms with van der Waals surface area (Å²) >= 11 is 0. The number of aryl methyl sites for hydroxylation is 2. The molecule has 3 rings (SSSR count). The molecule has 0 saturated heterocycles. The first-order chi connectivity index (χ1) is 28.5. The largest absolute Gasteiger partial charge is 0.500 e. The standard InChI is InChI=1S/C48H86N2O6Si2/c1-7-51-57(52-8-2,53-9-3)41-31-27-23-19-15-13-17-21-25-29-33-43-37-39-49-47-45(43)35-36-46-44(38-40-50-48(46)47)34-30-26-22-18-14-16-20-24-28-32-42-58(54-10-4,55-11-5)56-12-6/h37-40H,7-36,41-42H2,1-6H3. The quantitative estimate of drug-likeness (QED) is 0.0488. The molecular formula is C48H86N2O6Si2. The third-order valence-electron chi connectivity index (χ3n) is 11.7. The van der Waals surface area contributed by atoms with Gasteiger partial charge in [-0.2, -0.15) is 0 Å². The Kier molecular flexibility index (Phi) is 27.5. The van der Waals surface area contributed by atoms with E-state index in [0.717, 1.165) is 62.0 Å². The molecule has 0 N–H and O–H groups in total. The van der Waals surface area contributed by atoms with Crippen LogP contribution in [0.4, 0.5) is 0 Å². The van der Waals surface area contributed by atoms with Crippen molar-refractivity contribution in [2.45, 2.75) is 208 Å². The second kappa shape index (κ2) is 31.4. The van der Waals surface area contributed by atoms with Crippen LogP contribution in [0.3, 0.4) is 0 Å². The molecular weight excluding hydrogens is 757 g/mol. The third-order valence-corrected chi connectivity index (χ3v) is 18.0. The summed E-state index contributed by atoms with van der Waals surface area (Å²) in [5, 5.41) is 0. The molecule has 10 heteroatoms. The summed E-state index contributed by atoms with van der Waals surface area (Å²) in [6, 6.07) is 6.44. The Balaban J connectivity index is 1.26. The highest BCUT2D eigenvalue weighted by molar-refractivity contribution is 6.61. The Morgan fingerprint density at radius 2 is 0.638 bits per heavy atom. The number of pyridine rings is 2. The van der Waals surface area contributed by atoms with Crippen molar-refractivity contribution < 1.29 is 26.6 Å². The van der Waals surface area contributed by atoms with Gasteiger partial charge in [0.2, 0.25) is 0 Å². The molecule has 0 bridgehead atoms. The molecule has 332 valence electrons. The topological polar surface area (TPSA) is 81.2 Å². The molecule has 58 heavy (non-hydrogen) atoms. The second-order valence-corrected chi connectivity index (χ2v) is 21.6. The van der Waals surface area contributed by atoms with Gasteiger partial charge in [0.1, 0.15) is 0 Å². The smallest absolute Gasteiger partial charge is 0.374 e. The van der Waals surface area contributed by atoms with Gasteiger partial charge in [-0.05, 0) is 127 Å². The Hall–Kier alpha value is -1.51. The summed E-state index contributed by atoms with van der Waals surface area (Å²) in [4.78, 5) is 9.81. The van der Waals surface area contributed by atoms with Crippen molar-refractivity contribution in [2.24, 2.45) is 0 Å². The van der Waals surface area contributed by atoms with Crippen molar-refractivity contribution in [1.82, 2.24) is 9.97 Å². The van der Waals surface area contributed by atoms with E-state index in [-0.39, 0.29) is 0 Å². The maximum atomic E-state index is 6.01. The number of unbranched alkanes of at least 4 members (excludes halogenated alkanes) is 18. The maximum absolute atomic E-state index is 6.01. The SMILES string of the molecule is CCO[Si](CCCCCCCCCCCCc1ccnc2c1CCc1c(CCCCCCCCCCCC[Si](OCC)(OCC)OCC)ccnc1-2)(OCC)OCC. The van der Waals surface area contributed by atoms with E-state index in [4.69, 9.17) is 36.5 Å². The lowest BCUT2D eigenvalue weighted by molar-refractivity contribution is 0.0698. The molecule has 0 atom stereocenters. The molecule has 1 aliphatic carbocycles. The van der Waals surface area contributed by atoms with E-state index < -0.39 is 17.6 Å². The number of aromatic nitrogens is 2. The molecule has 0 amide bonds. The number of rotatable bonds is 38. The van der Waals surface area contributed by atoms with Crippen LogP contribution in [0.2, 0.25) is 12.1 Å². The van der Waals surface area contributed by atoms with Crippen LogP contribution in [0.15, 0.2) is 24.5 Å². The van der Waals surface area contributed by atoms with E-state index in [2.05, 4.69) is 12.1 Å². The number of hydrogen-bond acceptors (Lipinski definition) is 8. The van der Waals surface area contributed by atoms with Gasteiger partial charge in [-0.15, -0.1) is 0 Å². The first-order valence-corrected chi connectivity index (χ1v) is 28.1. The predicted octanol–water partition coefficient (Wildman–Crippen LogP) is 13.2. The van der Waals surface area contributed by atoms with E-state index in [1.807, 2.05) is 53.9 Å². The van der Waals surface area contributed by atoms with Crippen LogP contribution in [0, 0.1) is 0 Å². The normalized spacial score (nSPS) is 12.9. The Morgan fingerprint density at radius 1 is 0.379 bits per heavy atom. The van der Waals surface area contributed by atoms with Crippen molar-refractivity contribution in [1.29, 1.82) is 0 Å². The molecule has 2 heterocycles. The molecule has 0 spiro atoms. The Bertz CT molecular complexity index is 1200. The number of hydrogen-bond donors (Lipinski definition) is 0. The number of nitrogens with zero attached hydrogens (tertiary/aromatic N) is 2. The summed E-state index contributed by atoms with van der Waals surface area (Å²) in [5.74, 6) is 0. The molecule has 2 aromatic rings. The minimum absolute atomic E-state index is 0.665. The van der Waals surface area contributed by atoms with Crippen molar-refractivity contribution in [3.63, 3.8) is 0 Å². The van der Waals surface area contributed by atoms with E-state index in [1.54, 1.807) is 0 Å². The van der Waals surface area contributed by atoms with Gasteiger partial charge in [-0.1, -0.05) is 103 Å². The molecule has 0 fully saturated rings. The van der Waals surface area contributed by atoms with Crippen LogP contribution in [0.5, 0.6) is 0 Å². The van der Waals surface area contributed by atoms with Gasteiger partial charge >= 0.3 is 17.6 Å². The van der Waals surface area contributed by atoms with Crippen molar-refractivity contribution in [3.8, 4) is 11.4 Å². The van der Waals surface area contributed by atoms with E-state index >= 15 is 0 Å². The van der Waals surface area contributed by atoms with Crippen LogP contribution < -0.4 is 0 Å². The zero-order chi connectivity index (χ0) is 41.6. The highest BCUT2D eigenvalue weighted by Crippen LogP contribution is 2.35. The fourth-order valence-corrected chi connectivity index (χ4v) is 14.3. The lowest BCUT2D eigenvalue weighted by Crippen LogP contribution is -2.45. The minimum atomic E-state index is -2.47. The van der Waals surface area contributed by atoms with Gasteiger partial charge in [-0.25, -0.2) is 0 Å². The zero-order valence-electron chi connectivity index (χ0n) is 38.3. The first kappa shape index (κ1) is 50.8. The fraction of sp³-hybridized carbons (Fsp3) is 0.792. The number of fused-ring (bicyclic) bond motifs is 3. The van der Waals surface area contributed by atoms with Crippen molar-refractivity contribution in [2.75, 3.05) is 39.6 Å². The van der Waals surface area contributed by atoms with Gasteiger partial charge in [0, 0.05) is 64.1 Å². The highest BCUT2D eigenvalue weighted by Gasteiger charge is 2.40. The van der Waals surface area contributed by atoms with Gasteiger partial charge in [0.15, 0.2) is 0 Å². The Morgan fingerprint density at radius 3 is 0.914 bits per heavy atom. The summed E-state index contributed by atoms with van der Waals surface area (Å²) in [5.41, 5.74) is 8.23. The lowest BCUT2D eigenvalue weighted by atomic mass is 9.85. The lowest BCUT2D eigenvalue weighted by Gasteiger charge is -2.28. The van der Waals surface area contributed by atoms with Crippen LogP contribution in [0.1, 0.15) is 192 Å². The van der Waals surface area contributed by atoms with Crippen molar-refractivity contribution >= 4 is 17.6 Å². The molecule has 2 aromatic heterocycles. The summed E-state index contributed by atoms with van der Waals surface area (Å²) in [6.45, 7) is 16.2.